The topological polar surface area (TPSA) is 111 Å². The summed E-state index contributed by atoms with van der Waals surface area (Å²) < 4.78 is 30.0. The van der Waals surface area contributed by atoms with E-state index in [0.29, 0.717) is 35.6 Å². The van der Waals surface area contributed by atoms with Gasteiger partial charge in [-0.1, -0.05) is 23.7 Å². The maximum atomic E-state index is 13.2. The third kappa shape index (κ3) is 7.05. The number of pyridine rings is 2. The molecule has 1 amide bonds. The Labute approximate surface area is 227 Å². The zero-order valence-corrected chi connectivity index (χ0v) is 23.6. The lowest BCUT2D eigenvalue weighted by atomic mass is 9.89. The van der Waals surface area contributed by atoms with Crippen LogP contribution in [0.4, 0.5) is 16.3 Å². The van der Waals surface area contributed by atoms with Crippen LogP contribution in [-0.4, -0.2) is 59.7 Å². The third-order valence-electron chi connectivity index (χ3n) is 6.42. The fraction of sp³-hybridized carbons (Fsp3) is 0.444. The van der Waals surface area contributed by atoms with Crippen LogP contribution >= 0.6 is 11.6 Å². The molecule has 3 aromatic rings. The molecule has 1 aromatic carbocycles. The minimum absolute atomic E-state index is 0.0527. The number of piperidine rings is 1. The highest BCUT2D eigenvalue weighted by Crippen LogP contribution is 2.31. The number of nitrogens with zero attached hydrogens (tertiary/aromatic N) is 3. The number of nitrogens with one attached hydrogen (secondary N) is 1. The Hall–Kier alpha value is -3.11. The normalized spacial score (nSPS) is 15.0. The number of anilines is 2. The first-order valence-electron chi connectivity index (χ1n) is 12.5. The van der Waals surface area contributed by atoms with Crippen molar-refractivity contribution in [2.24, 2.45) is 0 Å². The molecule has 11 heteroatoms. The summed E-state index contributed by atoms with van der Waals surface area (Å²) in [5.74, 6) is 0.500. The van der Waals surface area contributed by atoms with Gasteiger partial charge in [0.1, 0.15) is 26.4 Å². The van der Waals surface area contributed by atoms with Gasteiger partial charge in [-0.15, -0.1) is 0 Å². The second-order valence-corrected chi connectivity index (χ2v) is 13.3. The molecule has 1 saturated heterocycles. The van der Waals surface area contributed by atoms with E-state index in [0.717, 1.165) is 24.8 Å². The quantitative estimate of drug-likeness (QED) is 0.424. The van der Waals surface area contributed by atoms with E-state index in [1.165, 1.54) is 10.1 Å². The van der Waals surface area contributed by atoms with Crippen molar-refractivity contribution in [3.8, 4) is 0 Å². The Kier molecular flexibility index (Phi) is 8.04. The SMILES string of the molecule is CC(C)(C)OC(=O)N1CCC(c2ccc(Nc3nc(Cl)cc4ccn(CCS(C)(=O)=O)c(=O)c34)cc2)CC1. The first-order chi connectivity index (χ1) is 17.8. The summed E-state index contributed by atoms with van der Waals surface area (Å²) in [6, 6.07) is 11.3. The van der Waals surface area contributed by atoms with E-state index in [2.05, 4.69) is 10.3 Å². The lowest BCUT2D eigenvalue weighted by Gasteiger charge is -2.33. The number of halogens is 1. The number of carbonyl (C=O) groups excluding carboxylic acids is 1. The van der Waals surface area contributed by atoms with E-state index in [1.54, 1.807) is 23.2 Å². The van der Waals surface area contributed by atoms with Gasteiger partial charge >= 0.3 is 6.09 Å². The largest absolute Gasteiger partial charge is 0.444 e. The Balaban J connectivity index is 1.49. The van der Waals surface area contributed by atoms with Gasteiger partial charge in [0.15, 0.2) is 0 Å². The van der Waals surface area contributed by atoms with Crippen LogP contribution in [0.3, 0.4) is 0 Å². The van der Waals surface area contributed by atoms with Gasteiger partial charge in [-0.05, 0) is 74.7 Å². The van der Waals surface area contributed by atoms with Crippen LogP contribution in [0.15, 0.2) is 47.4 Å². The van der Waals surface area contributed by atoms with Crippen LogP contribution in [0.5, 0.6) is 0 Å². The maximum Gasteiger partial charge on any atom is 0.410 e. The minimum Gasteiger partial charge on any atom is -0.444 e. The number of hydrogen-bond donors (Lipinski definition) is 1. The Bertz CT molecular complexity index is 1490. The van der Waals surface area contributed by atoms with E-state index in [-0.39, 0.29) is 29.1 Å². The number of aromatic nitrogens is 2. The molecule has 1 aliphatic rings. The van der Waals surface area contributed by atoms with Crippen LogP contribution < -0.4 is 10.9 Å². The van der Waals surface area contributed by atoms with E-state index >= 15 is 0 Å². The number of likely N-dealkylation sites (tertiary alicyclic amines) is 1. The molecule has 4 rings (SSSR count). The molecule has 204 valence electrons. The number of amides is 1. The monoisotopic (exact) mass is 560 g/mol. The van der Waals surface area contributed by atoms with E-state index in [1.807, 2.05) is 45.0 Å². The highest BCUT2D eigenvalue weighted by atomic mass is 35.5. The van der Waals surface area contributed by atoms with Gasteiger partial charge in [-0.3, -0.25) is 4.79 Å². The minimum atomic E-state index is -3.22. The second-order valence-electron chi connectivity index (χ2n) is 10.7. The van der Waals surface area contributed by atoms with Gasteiger partial charge in [-0.25, -0.2) is 18.2 Å². The molecule has 0 spiro atoms. The molecule has 38 heavy (non-hydrogen) atoms. The van der Waals surface area contributed by atoms with E-state index in [9.17, 15) is 18.0 Å². The summed E-state index contributed by atoms with van der Waals surface area (Å²) in [6.45, 7) is 6.93. The number of fused-ring (bicyclic) bond motifs is 1. The summed E-state index contributed by atoms with van der Waals surface area (Å²) in [5, 5.41) is 4.39. The zero-order valence-electron chi connectivity index (χ0n) is 22.0. The van der Waals surface area contributed by atoms with Crippen molar-refractivity contribution >= 4 is 49.8 Å². The van der Waals surface area contributed by atoms with Crippen molar-refractivity contribution in [3.05, 3.63) is 63.7 Å². The zero-order chi connectivity index (χ0) is 27.7. The summed E-state index contributed by atoms with van der Waals surface area (Å²) in [7, 11) is -3.22. The molecular formula is C27H33ClN4O5S. The lowest BCUT2D eigenvalue weighted by molar-refractivity contribution is 0.0205. The van der Waals surface area contributed by atoms with Crippen molar-refractivity contribution in [2.45, 2.75) is 51.7 Å². The van der Waals surface area contributed by atoms with Gasteiger partial charge in [0.2, 0.25) is 0 Å². The fourth-order valence-corrected chi connectivity index (χ4v) is 5.23. The van der Waals surface area contributed by atoms with Gasteiger partial charge in [-0.2, -0.15) is 0 Å². The maximum absolute atomic E-state index is 13.2. The molecule has 0 unspecified atom stereocenters. The molecule has 0 aliphatic carbocycles. The Morgan fingerprint density at radius 3 is 2.42 bits per heavy atom. The fourth-order valence-electron chi connectivity index (χ4n) is 4.50. The first-order valence-corrected chi connectivity index (χ1v) is 15.0. The van der Waals surface area contributed by atoms with Crippen molar-refractivity contribution in [2.75, 3.05) is 30.4 Å². The number of ether oxygens (including phenoxy) is 1. The molecule has 0 atom stereocenters. The number of rotatable bonds is 6. The van der Waals surface area contributed by atoms with Crippen molar-refractivity contribution < 1.29 is 17.9 Å². The summed E-state index contributed by atoms with van der Waals surface area (Å²) in [6.07, 6.45) is 4.13. The van der Waals surface area contributed by atoms with Crippen LogP contribution in [0.25, 0.3) is 10.8 Å². The van der Waals surface area contributed by atoms with Crippen LogP contribution in [-0.2, 0) is 21.1 Å². The number of sulfone groups is 1. The smallest absolute Gasteiger partial charge is 0.410 e. The Morgan fingerprint density at radius 2 is 1.82 bits per heavy atom. The van der Waals surface area contributed by atoms with Gasteiger partial charge in [0.25, 0.3) is 5.56 Å². The highest BCUT2D eigenvalue weighted by Gasteiger charge is 2.27. The predicted molar refractivity (Wildman–Crippen MR) is 150 cm³/mol. The van der Waals surface area contributed by atoms with Crippen molar-refractivity contribution in [3.63, 3.8) is 0 Å². The molecule has 0 saturated carbocycles. The van der Waals surface area contributed by atoms with Gasteiger partial charge in [0.05, 0.1) is 11.1 Å². The van der Waals surface area contributed by atoms with Crippen molar-refractivity contribution in [1.29, 1.82) is 0 Å². The Morgan fingerprint density at radius 1 is 1.16 bits per heavy atom. The standard InChI is InChI=1S/C27H33ClN4O5S/c1-27(2,3)37-26(34)32-13-9-19(10-14-32)18-5-7-21(8-6-18)29-24-23-20(17-22(28)30-24)11-12-31(25(23)33)15-16-38(4,35)36/h5-8,11-12,17,19H,9-10,13-16H2,1-4H3,(H,29,30). The number of hydrogen-bond acceptors (Lipinski definition) is 7. The van der Waals surface area contributed by atoms with Gasteiger partial charge in [0, 0.05) is 37.8 Å². The van der Waals surface area contributed by atoms with Crippen LogP contribution in [0, 0.1) is 0 Å². The molecule has 1 N–H and O–H groups in total. The number of aryl methyl sites for hydroxylation is 1. The second kappa shape index (κ2) is 10.9. The molecule has 0 radical (unpaired) electrons. The molecular weight excluding hydrogens is 528 g/mol. The summed E-state index contributed by atoms with van der Waals surface area (Å²) in [4.78, 5) is 31.6. The summed E-state index contributed by atoms with van der Waals surface area (Å²) in [5.41, 5.74) is 1.06. The van der Waals surface area contributed by atoms with E-state index in [4.69, 9.17) is 16.3 Å². The lowest BCUT2D eigenvalue weighted by Crippen LogP contribution is -2.41. The average Bonchev–Trinajstić information content (AvgIpc) is 2.82. The van der Waals surface area contributed by atoms with Crippen molar-refractivity contribution in [1.82, 2.24) is 14.5 Å². The average molecular weight is 561 g/mol. The molecule has 3 heterocycles. The van der Waals surface area contributed by atoms with E-state index < -0.39 is 15.4 Å². The first kappa shape index (κ1) is 27.9. The number of carbonyl (C=O) groups is 1. The summed E-state index contributed by atoms with van der Waals surface area (Å²) >= 11 is 6.22. The predicted octanol–water partition coefficient (Wildman–Crippen LogP) is 4.95. The van der Waals surface area contributed by atoms with Crippen LogP contribution in [0.2, 0.25) is 5.15 Å². The molecule has 1 fully saturated rings. The molecule has 1 aliphatic heterocycles. The number of benzene rings is 1. The highest BCUT2D eigenvalue weighted by molar-refractivity contribution is 7.90. The molecule has 2 aromatic heterocycles. The van der Waals surface area contributed by atoms with Crippen LogP contribution in [0.1, 0.15) is 45.1 Å². The van der Waals surface area contributed by atoms with Gasteiger partial charge < -0.3 is 19.5 Å². The molecule has 0 bridgehead atoms. The third-order valence-corrected chi connectivity index (χ3v) is 7.54. The molecule has 9 nitrogen and oxygen atoms in total.